The van der Waals surface area contributed by atoms with Crippen LogP contribution in [-0.4, -0.2) is 0 Å². The Morgan fingerprint density at radius 1 is 1.00 bits per heavy atom. The standard InChI is InChI=1S/C15H16N2/c16-13-7-3-2-6-12(13)15-10-9-11-5-1-4-8-14(11)17-15/h1-8,15,17H,9-10,16H2. The van der Waals surface area contributed by atoms with Gasteiger partial charge in [-0.25, -0.2) is 0 Å². The summed E-state index contributed by atoms with van der Waals surface area (Å²) in [5, 5.41) is 3.57. The van der Waals surface area contributed by atoms with Gasteiger partial charge in [0, 0.05) is 11.4 Å². The molecule has 2 heteroatoms. The highest BCUT2D eigenvalue weighted by molar-refractivity contribution is 5.58. The number of nitrogens with two attached hydrogens (primary N) is 1. The molecule has 2 aromatic rings. The Balaban J connectivity index is 1.92. The number of aryl methyl sites for hydroxylation is 1. The minimum atomic E-state index is 0.339. The van der Waals surface area contributed by atoms with Gasteiger partial charge < -0.3 is 11.1 Å². The molecule has 1 unspecified atom stereocenters. The third-order valence-electron chi connectivity index (χ3n) is 3.42. The van der Waals surface area contributed by atoms with Gasteiger partial charge >= 0.3 is 0 Å². The van der Waals surface area contributed by atoms with Gasteiger partial charge in [-0.2, -0.15) is 0 Å². The first kappa shape index (κ1) is 10.2. The minimum Gasteiger partial charge on any atom is -0.398 e. The largest absolute Gasteiger partial charge is 0.398 e. The molecule has 0 amide bonds. The maximum Gasteiger partial charge on any atom is 0.0537 e. The molecule has 2 aromatic carbocycles. The summed E-state index contributed by atoms with van der Waals surface area (Å²) in [6.07, 6.45) is 2.22. The van der Waals surface area contributed by atoms with Crippen LogP contribution in [0.1, 0.15) is 23.6 Å². The molecule has 1 aliphatic heterocycles. The zero-order valence-corrected chi connectivity index (χ0v) is 9.69. The van der Waals surface area contributed by atoms with E-state index in [1.54, 1.807) is 0 Å². The highest BCUT2D eigenvalue weighted by Gasteiger charge is 2.19. The summed E-state index contributed by atoms with van der Waals surface area (Å²) >= 11 is 0. The van der Waals surface area contributed by atoms with E-state index in [9.17, 15) is 0 Å². The summed E-state index contributed by atoms with van der Waals surface area (Å²) in [6, 6.07) is 16.9. The van der Waals surface area contributed by atoms with E-state index in [-0.39, 0.29) is 0 Å². The Morgan fingerprint density at radius 3 is 2.65 bits per heavy atom. The highest BCUT2D eigenvalue weighted by Crippen LogP contribution is 2.34. The lowest BCUT2D eigenvalue weighted by Gasteiger charge is -2.28. The van der Waals surface area contributed by atoms with Crippen LogP contribution in [0.5, 0.6) is 0 Å². The lowest BCUT2D eigenvalue weighted by molar-refractivity contribution is 0.669. The number of nitrogen functional groups attached to an aromatic ring is 1. The third kappa shape index (κ3) is 1.86. The van der Waals surface area contributed by atoms with Gasteiger partial charge in [0.25, 0.3) is 0 Å². The average Bonchev–Trinajstić information content (AvgIpc) is 2.39. The van der Waals surface area contributed by atoms with Crippen LogP contribution in [0.4, 0.5) is 11.4 Å². The lowest BCUT2D eigenvalue weighted by Crippen LogP contribution is -2.18. The molecule has 0 fully saturated rings. The van der Waals surface area contributed by atoms with Crippen molar-refractivity contribution in [2.75, 3.05) is 11.1 Å². The van der Waals surface area contributed by atoms with Crippen molar-refractivity contribution in [2.24, 2.45) is 0 Å². The molecule has 0 bridgehead atoms. The maximum absolute atomic E-state index is 6.03. The normalized spacial score (nSPS) is 18.2. The number of hydrogen-bond donors (Lipinski definition) is 2. The van der Waals surface area contributed by atoms with Crippen molar-refractivity contribution in [1.29, 1.82) is 0 Å². The predicted molar refractivity (Wildman–Crippen MR) is 72.0 cm³/mol. The van der Waals surface area contributed by atoms with Gasteiger partial charge in [-0.3, -0.25) is 0 Å². The van der Waals surface area contributed by atoms with Crippen molar-refractivity contribution in [1.82, 2.24) is 0 Å². The van der Waals surface area contributed by atoms with E-state index >= 15 is 0 Å². The number of nitrogens with one attached hydrogen (secondary N) is 1. The van der Waals surface area contributed by atoms with Crippen molar-refractivity contribution in [3.05, 3.63) is 59.7 Å². The first-order valence-corrected chi connectivity index (χ1v) is 6.03. The Hall–Kier alpha value is -1.96. The first-order valence-electron chi connectivity index (χ1n) is 6.03. The second-order valence-corrected chi connectivity index (χ2v) is 4.52. The number of rotatable bonds is 1. The Labute approximate surface area is 101 Å². The Bertz CT molecular complexity index is 534. The molecule has 86 valence electrons. The molecule has 0 saturated carbocycles. The zero-order chi connectivity index (χ0) is 11.7. The van der Waals surface area contributed by atoms with Gasteiger partial charge in [-0.15, -0.1) is 0 Å². The molecule has 17 heavy (non-hydrogen) atoms. The summed E-state index contributed by atoms with van der Waals surface area (Å²) < 4.78 is 0. The van der Waals surface area contributed by atoms with Gasteiger partial charge in [0.2, 0.25) is 0 Å². The summed E-state index contributed by atoms with van der Waals surface area (Å²) in [7, 11) is 0. The molecule has 0 aliphatic carbocycles. The maximum atomic E-state index is 6.03. The van der Waals surface area contributed by atoms with E-state index in [1.165, 1.54) is 16.8 Å². The topological polar surface area (TPSA) is 38.0 Å². The van der Waals surface area contributed by atoms with Crippen LogP contribution in [-0.2, 0) is 6.42 Å². The van der Waals surface area contributed by atoms with E-state index in [2.05, 4.69) is 35.6 Å². The molecule has 1 aliphatic rings. The molecule has 0 aromatic heterocycles. The molecule has 1 atom stereocenters. The SMILES string of the molecule is Nc1ccccc1C1CCc2ccccc2N1. The molecule has 0 radical (unpaired) electrons. The van der Waals surface area contributed by atoms with Crippen LogP contribution in [0.3, 0.4) is 0 Å². The number of anilines is 2. The molecule has 3 rings (SSSR count). The fraction of sp³-hybridized carbons (Fsp3) is 0.200. The first-order chi connectivity index (χ1) is 8.34. The molecule has 2 nitrogen and oxygen atoms in total. The second kappa shape index (κ2) is 4.13. The third-order valence-corrected chi connectivity index (χ3v) is 3.42. The summed E-state index contributed by atoms with van der Waals surface area (Å²) in [5.41, 5.74) is 10.8. The van der Waals surface area contributed by atoms with E-state index in [0.29, 0.717) is 6.04 Å². The van der Waals surface area contributed by atoms with Gasteiger partial charge in [0.1, 0.15) is 0 Å². The minimum absolute atomic E-state index is 0.339. The fourth-order valence-corrected chi connectivity index (χ4v) is 2.50. The van der Waals surface area contributed by atoms with E-state index < -0.39 is 0 Å². The number of para-hydroxylation sites is 2. The number of benzene rings is 2. The monoisotopic (exact) mass is 224 g/mol. The van der Waals surface area contributed by atoms with Crippen molar-refractivity contribution >= 4 is 11.4 Å². The Morgan fingerprint density at radius 2 is 1.76 bits per heavy atom. The highest BCUT2D eigenvalue weighted by atomic mass is 14.9. The molecular formula is C15H16N2. The van der Waals surface area contributed by atoms with E-state index in [1.807, 2.05) is 18.2 Å². The van der Waals surface area contributed by atoms with Crippen molar-refractivity contribution in [2.45, 2.75) is 18.9 Å². The van der Waals surface area contributed by atoms with Crippen molar-refractivity contribution in [3.63, 3.8) is 0 Å². The second-order valence-electron chi connectivity index (χ2n) is 4.52. The van der Waals surface area contributed by atoms with Crippen molar-refractivity contribution < 1.29 is 0 Å². The number of hydrogen-bond acceptors (Lipinski definition) is 2. The van der Waals surface area contributed by atoms with Gasteiger partial charge in [0.05, 0.1) is 6.04 Å². The summed E-state index contributed by atoms with van der Waals surface area (Å²) in [6.45, 7) is 0. The Kier molecular flexibility index (Phi) is 2.48. The number of fused-ring (bicyclic) bond motifs is 1. The molecule has 0 saturated heterocycles. The van der Waals surface area contributed by atoms with E-state index in [4.69, 9.17) is 5.73 Å². The summed E-state index contributed by atoms with van der Waals surface area (Å²) in [5.74, 6) is 0. The fourth-order valence-electron chi connectivity index (χ4n) is 2.50. The van der Waals surface area contributed by atoms with Crippen LogP contribution in [0.25, 0.3) is 0 Å². The molecule has 3 N–H and O–H groups in total. The van der Waals surface area contributed by atoms with Crippen LogP contribution in [0, 0.1) is 0 Å². The van der Waals surface area contributed by atoms with Gasteiger partial charge in [-0.1, -0.05) is 36.4 Å². The summed E-state index contributed by atoms with van der Waals surface area (Å²) in [4.78, 5) is 0. The van der Waals surface area contributed by atoms with Crippen LogP contribution in [0.15, 0.2) is 48.5 Å². The lowest BCUT2D eigenvalue weighted by atomic mass is 9.93. The van der Waals surface area contributed by atoms with Crippen molar-refractivity contribution in [3.8, 4) is 0 Å². The molecule has 1 heterocycles. The zero-order valence-electron chi connectivity index (χ0n) is 9.69. The van der Waals surface area contributed by atoms with Gasteiger partial charge in [-0.05, 0) is 36.1 Å². The van der Waals surface area contributed by atoms with Crippen LogP contribution >= 0.6 is 0 Å². The average molecular weight is 224 g/mol. The molecular weight excluding hydrogens is 208 g/mol. The van der Waals surface area contributed by atoms with E-state index in [0.717, 1.165) is 18.5 Å². The quantitative estimate of drug-likeness (QED) is 0.729. The van der Waals surface area contributed by atoms with Crippen LogP contribution < -0.4 is 11.1 Å². The molecule has 0 spiro atoms. The van der Waals surface area contributed by atoms with Crippen LogP contribution in [0.2, 0.25) is 0 Å². The smallest absolute Gasteiger partial charge is 0.0537 e. The predicted octanol–water partition coefficient (Wildman–Crippen LogP) is 3.37. The van der Waals surface area contributed by atoms with Gasteiger partial charge in [0.15, 0.2) is 0 Å².